The van der Waals surface area contributed by atoms with Crippen molar-refractivity contribution in [2.75, 3.05) is 6.54 Å². The minimum Gasteiger partial charge on any atom is -0.444 e. The molecule has 1 heterocycles. The molecule has 0 bridgehead atoms. The van der Waals surface area contributed by atoms with Crippen molar-refractivity contribution >= 4 is 11.9 Å². The standard InChI is InChI=1S/C12H19NO3/c1-12(2,3)16-11(15)13-7-6-10(14)8-4-5-9(8)13/h8-9H,4-7H2,1-3H3/t8-,9-/m0/s1. The molecule has 4 nitrogen and oxygen atoms in total. The Morgan fingerprint density at radius 3 is 2.56 bits per heavy atom. The van der Waals surface area contributed by atoms with E-state index in [2.05, 4.69) is 0 Å². The van der Waals surface area contributed by atoms with E-state index in [9.17, 15) is 9.59 Å². The molecule has 2 rings (SSSR count). The normalized spacial score (nSPS) is 29.4. The Hall–Kier alpha value is -1.06. The summed E-state index contributed by atoms with van der Waals surface area (Å²) in [4.78, 5) is 25.2. The third-order valence-corrected chi connectivity index (χ3v) is 3.28. The summed E-state index contributed by atoms with van der Waals surface area (Å²) in [5, 5.41) is 0. The van der Waals surface area contributed by atoms with Gasteiger partial charge in [-0.3, -0.25) is 4.79 Å². The molecule has 1 amide bonds. The molecule has 2 aliphatic rings. The number of amides is 1. The van der Waals surface area contributed by atoms with Gasteiger partial charge in [0.1, 0.15) is 11.4 Å². The van der Waals surface area contributed by atoms with Crippen molar-refractivity contribution in [3.05, 3.63) is 0 Å². The van der Waals surface area contributed by atoms with Crippen LogP contribution in [0.2, 0.25) is 0 Å². The van der Waals surface area contributed by atoms with E-state index in [4.69, 9.17) is 4.74 Å². The van der Waals surface area contributed by atoms with Gasteiger partial charge in [0.25, 0.3) is 0 Å². The van der Waals surface area contributed by atoms with Crippen LogP contribution in [-0.2, 0) is 9.53 Å². The Labute approximate surface area is 95.9 Å². The number of carbonyl (C=O) groups excluding carboxylic acids is 2. The fourth-order valence-electron chi connectivity index (χ4n) is 2.36. The first-order valence-electron chi connectivity index (χ1n) is 5.91. The van der Waals surface area contributed by atoms with Gasteiger partial charge in [0.05, 0.1) is 0 Å². The number of hydrogen-bond acceptors (Lipinski definition) is 3. The number of Topliss-reactive ketones (excluding diaryl/α,β-unsaturated/α-hetero) is 1. The van der Waals surface area contributed by atoms with Crippen molar-refractivity contribution in [1.29, 1.82) is 0 Å². The molecule has 0 aromatic heterocycles. The number of likely N-dealkylation sites (tertiary alicyclic amines) is 1. The maximum absolute atomic E-state index is 11.9. The summed E-state index contributed by atoms with van der Waals surface area (Å²) in [6.07, 6.45) is 2.09. The monoisotopic (exact) mass is 225 g/mol. The quantitative estimate of drug-likeness (QED) is 0.633. The van der Waals surface area contributed by atoms with E-state index in [1.54, 1.807) is 4.90 Å². The maximum atomic E-state index is 11.9. The highest BCUT2D eigenvalue weighted by atomic mass is 16.6. The third kappa shape index (κ3) is 2.06. The summed E-state index contributed by atoms with van der Waals surface area (Å²) < 4.78 is 5.34. The van der Waals surface area contributed by atoms with Gasteiger partial charge in [-0.25, -0.2) is 4.79 Å². The van der Waals surface area contributed by atoms with Crippen LogP contribution in [0.1, 0.15) is 40.0 Å². The lowest BCUT2D eigenvalue weighted by molar-refractivity contribution is -0.133. The molecule has 1 saturated heterocycles. The van der Waals surface area contributed by atoms with Crippen molar-refractivity contribution in [3.63, 3.8) is 0 Å². The summed E-state index contributed by atoms with van der Waals surface area (Å²) in [7, 11) is 0. The van der Waals surface area contributed by atoms with Gasteiger partial charge in [0, 0.05) is 24.9 Å². The van der Waals surface area contributed by atoms with Gasteiger partial charge in [-0.05, 0) is 33.6 Å². The van der Waals surface area contributed by atoms with Crippen LogP contribution in [0.25, 0.3) is 0 Å². The minimum absolute atomic E-state index is 0.0845. The third-order valence-electron chi connectivity index (χ3n) is 3.28. The maximum Gasteiger partial charge on any atom is 0.410 e. The van der Waals surface area contributed by atoms with Gasteiger partial charge in [-0.2, -0.15) is 0 Å². The molecule has 2 atom stereocenters. The summed E-state index contributed by atoms with van der Waals surface area (Å²) in [6.45, 7) is 6.10. The highest BCUT2D eigenvalue weighted by Gasteiger charge is 2.46. The van der Waals surface area contributed by atoms with Gasteiger partial charge in [0.15, 0.2) is 0 Å². The van der Waals surface area contributed by atoms with Gasteiger partial charge in [0.2, 0.25) is 0 Å². The Balaban J connectivity index is 2.00. The average molecular weight is 225 g/mol. The number of ether oxygens (including phenoxy) is 1. The Morgan fingerprint density at radius 2 is 2.06 bits per heavy atom. The molecular formula is C12H19NO3. The number of carbonyl (C=O) groups is 2. The minimum atomic E-state index is -0.461. The Morgan fingerprint density at radius 1 is 1.38 bits per heavy atom. The number of rotatable bonds is 0. The van der Waals surface area contributed by atoms with Crippen LogP contribution in [0, 0.1) is 5.92 Å². The Kier molecular flexibility index (Phi) is 2.68. The number of nitrogens with zero attached hydrogens (tertiary/aromatic N) is 1. The van der Waals surface area contributed by atoms with Crippen LogP contribution >= 0.6 is 0 Å². The molecule has 90 valence electrons. The number of ketones is 1. The van der Waals surface area contributed by atoms with Gasteiger partial charge in [-0.15, -0.1) is 0 Å². The largest absolute Gasteiger partial charge is 0.444 e. The highest BCUT2D eigenvalue weighted by Crippen LogP contribution is 2.37. The van der Waals surface area contributed by atoms with Crippen LogP contribution in [-0.4, -0.2) is 35.0 Å². The first kappa shape index (κ1) is 11.4. The molecule has 1 aliphatic carbocycles. The fourth-order valence-corrected chi connectivity index (χ4v) is 2.36. The molecule has 0 radical (unpaired) electrons. The predicted octanol–water partition coefficient (Wildman–Crippen LogP) is 1.97. The van der Waals surface area contributed by atoms with Crippen molar-refractivity contribution < 1.29 is 14.3 Å². The van der Waals surface area contributed by atoms with Crippen LogP contribution in [0.15, 0.2) is 0 Å². The molecule has 1 saturated carbocycles. The van der Waals surface area contributed by atoms with Crippen LogP contribution < -0.4 is 0 Å². The second-order valence-electron chi connectivity index (χ2n) is 5.64. The number of fused-ring (bicyclic) bond motifs is 1. The highest BCUT2D eigenvalue weighted by molar-refractivity contribution is 5.85. The molecule has 0 spiro atoms. The lowest BCUT2D eigenvalue weighted by Gasteiger charge is -2.47. The smallest absolute Gasteiger partial charge is 0.410 e. The van der Waals surface area contributed by atoms with Crippen LogP contribution in [0.5, 0.6) is 0 Å². The van der Waals surface area contributed by atoms with Gasteiger partial charge < -0.3 is 9.64 Å². The lowest BCUT2D eigenvalue weighted by atomic mass is 9.72. The molecule has 0 N–H and O–H groups in total. The van der Waals surface area contributed by atoms with Crippen molar-refractivity contribution in [2.45, 2.75) is 51.7 Å². The Bertz CT molecular complexity index is 319. The summed E-state index contributed by atoms with van der Waals surface area (Å²) >= 11 is 0. The van der Waals surface area contributed by atoms with E-state index >= 15 is 0 Å². The number of piperidine rings is 1. The zero-order valence-corrected chi connectivity index (χ0v) is 10.2. The molecule has 16 heavy (non-hydrogen) atoms. The van der Waals surface area contributed by atoms with E-state index in [-0.39, 0.29) is 18.1 Å². The van der Waals surface area contributed by atoms with E-state index in [0.717, 1.165) is 12.8 Å². The van der Waals surface area contributed by atoms with Crippen molar-refractivity contribution in [1.82, 2.24) is 4.90 Å². The second-order valence-corrected chi connectivity index (χ2v) is 5.64. The number of hydrogen-bond donors (Lipinski definition) is 0. The molecular weight excluding hydrogens is 206 g/mol. The first-order chi connectivity index (χ1) is 7.38. The topological polar surface area (TPSA) is 46.6 Å². The van der Waals surface area contributed by atoms with Gasteiger partial charge >= 0.3 is 6.09 Å². The zero-order valence-electron chi connectivity index (χ0n) is 10.2. The van der Waals surface area contributed by atoms with Crippen LogP contribution in [0.3, 0.4) is 0 Å². The second kappa shape index (κ2) is 3.75. The molecule has 0 aromatic carbocycles. The van der Waals surface area contributed by atoms with Crippen LogP contribution in [0.4, 0.5) is 4.79 Å². The zero-order chi connectivity index (χ0) is 11.9. The van der Waals surface area contributed by atoms with Crippen molar-refractivity contribution in [3.8, 4) is 0 Å². The first-order valence-corrected chi connectivity index (χ1v) is 5.91. The van der Waals surface area contributed by atoms with Crippen molar-refractivity contribution in [2.24, 2.45) is 5.92 Å². The fraction of sp³-hybridized carbons (Fsp3) is 0.833. The molecule has 0 aromatic rings. The molecule has 4 heteroatoms. The van der Waals surface area contributed by atoms with Gasteiger partial charge in [-0.1, -0.05) is 0 Å². The average Bonchev–Trinajstić information content (AvgIpc) is 2.04. The predicted molar refractivity (Wildman–Crippen MR) is 59.1 cm³/mol. The summed E-state index contributed by atoms with van der Waals surface area (Å²) in [5.74, 6) is 0.400. The SMILES string of the molecule is CC(C)(C)OC(=O)N1CCC(=O)[C@H]2CC[C@@H]21. The van der Waals surface area contributed by atoms with E-state index in [0.29, 0.717) is 18.7 Å². The summed E-state index contributed by atoms with van der Waals surface area (Å²) in [5.41, 5.74) is -0.461. The van der Waals surface area contributed by atoms with E-state index in [1.165, 1.54) is 0 Å². The summed E-state index contributed by atoms with van der Waals surface area (Å²) in [6, 6.07) is 0.107. The van der Waals surface area contributed by atoms with E-state index in [1.807, 2.05) is 20.8 Å². The lowest BCUT2D eigenvalue weighted by Crippen LogP contribution is -2.57. The molecule has 1 aliphatic heterocycles. The molecule has 0 unspecified atom stereocenters. The van der Waals surface area contributed by atoms with E-state index < -0.39 is 5.60 Å². The molecule has 2 fully saturated rings.